The second-order valence-electron chi connectivity index (χ2n) is 3.81. The minimum Gasteiger partial charge on any atom is -0.355 e. The molecule has 0 radical (unpaired) electrons. The Morgan fingerprint density at radius 2 is 2.11 bits per heavy atom. The SMILES string of the molecule is CCNC(=O)CN1C(=O)C(=O)c2c(Br)cccc21. The molecule has 0 aliphatic carbocycles. The van der Waals surface area contributed by atoms with Gasteiger partial charge in [-0.2, -0.15) is 0 Å². The van der Waals surface area contributed by atoms with Crippen molar-refractivity contribution in [3.63, 3.8) is 0 Å². The summed E-state index contributed by atoms with van der Waals surface area (Å²) in [6.07, 6.45) is 0. The number of nitrogens with one attached hydrogen (secondary N) is 1. The molecule has 0 bridgehead atoms. The molecule has 0 spiro atoms. The van der Waals surface area contributed by atoms with Crippen LogP contribution in [0.25, 0.3) is 0 Å². The van der Waals surface area contributed by atoms with Crippen LogP contribution in [0.1, 0.15) is 17.3 Å². The second-order valence-corrected chi connectivity index (χ2v) is 4.66. The van der Waals surface area contributed by atoms with Crippen LogP contribution < -0.4 is 10.2 Å². The number of halogens is 1. The molecule has 5 nitrogen and oxygen atoms in total. The summed E-state index contributed by atoms with van der Waals surface area (Å²) >= 11 is 3.24. The van der Waals surface area contributed by atoms with Crippen molar-refractivity contribution in [1.82, 2.24) is 5.32 Å². The van der Waals surface area contributed by atoms with Crippen LogP contribution in [0.2, 0.25) is 0 Å². The Bertz CT molecular complexity index is 542. The van der Waals surface area contributed by atoms with Gasteiger partial charge in [0.1, 0.15) is 6.54 Å². The van der Waals surface area contributed by atoms with Crippen LogP contribution in [0.4, 0.5) is 5.69 Å². The Morgan fingerprint density at radius 3 is 2.78 bits per heavy atom. The maximum Gasteiger partial charge on any atom is 0.299 e. The smallest absolute Gasteiger partial charge is 0.299 e. The molecular weight excluding hydrogens is 300 g/mol. The third-order valence-corrected chi connectivity index (χ3v) is 3.29. The Kier molecular flexibility index (Phi) is 3.47. The van der Waals surface area contributed by atoms with Crippen LogP contribution in [-0.4, -0.2) is 30.7 Å². The molecule has 6 heteroatoms. The van der Waals surface area contributed by atoms with Gasteiger partial charge >= 0.3 is 0 Å². The van der Waals surface area contributed by atoms with E-state index in [1.165, 1.54) is 4.90 Å². The highest BCUT2D eigenvalue weighted by Crippen LogP contribution is 2.33. The molecule has 0 aromatic heterocycles. The number of rotatable bonds is 3. The van der Waals surface area contributed by atoms with Crippen molar-refractivity contribution in [1.29, 1.82) is 0 Å². The highest BCUT2D eigenvalue weighted by Gasteiger charge is 2.37. The first kappa shape index (κ1) is 12.8. The van der Waals surface area contributed by atoms with Crippen molar-refractivity contribution >= 4 is 39.2 Å². The first-order valence-corrected chi connectivity index (χ1v) is 6.27. The standard InChI is InChI=1S/C12H11BrN2O3/c1-2-14-9(16)6-15-8-5-3-4-7(13)10(8)11(17)12(15)18/h3-5H,2,6H2,1H3,(H,14,16). The van der Waals surface area contributed by atoms with E-state index in [2.05, 4.69) is 21.2 Å². The number of carbonyl (C=O) groups is 3. The molecule has 1 aliphatic heterocycles. The van der Waals surface area contributed by atoms with Gasteiger partial charge in [0.2, 0.25) is 5.91 Å². The Balaban J connectivity index is 2.35. The summed E-state index contributed by atoms with van der Waals surface area (Å²) in [5.74, 6) is -1.53. The number of ketones is 1. The summed E-state index contributed by atoms with van der Waals surface area (Å²) in [5.41, 5.74) is 0.803. The third-order valence-electron chi connectivity index (χ3n) is 2.62. The van der Waals surface area contributed by atoms with Crippen LogP contribution in [0.15, 0.2) is 22.7 Å². The van der Waals surface area contributed by atoms with Crippen molar-refractivity contribution in [3.05, 3.63) is 28.2 Å². The van der Waals surface area contributed by atoms with Crippen molar-refractivity contribution in [2.75, 3.05) is 18.0 Å². The predicted octanol–water partition coefficient (Wildman–Crippen LogP) is 1.11. The normalized spacial score (nSPS) is 13.8. The van der Waals surface area contributed by atoms with E-state index in [0.717, 1.165) is 0 Å². The molecule has 2 rings (SSSR count). The fraction of sp³-hybridized carbons (Fsp3) is 0.250. The van der Waals surface area contributed by atoms with Gasteiger partial charge in [-0.1, -0.05) is 6.07 Å². The van der Waals surface area contributed by atoms with Crippen LogP contribution in [0.3, 0.4) is 0 Å². The van der Waals surface area contributed by atoms with Crippen LogP contribution in [0.5, 0.6) is 0 Å². The van der Waals surface area contributed by atoms with E-state index in [4.69, 9.17) is 0 Å². The average Bonchev–Trinajstić information content (AvgIpc) is 2.56. The third kappa shape index (κ3) is 2.03. The summed E-state index contributed by atoms with van der Waals surface area (Å²) in [6, 6.07) is 5.07. The Morgan fingerprint density at radius 1 is 1.39 bits per heavy atom. The topological polar surface area (TPSA) is 66.5 Å². The molecule has 1 aliphatic rings. The predicted molar refractivity (Wildman–Crippen MR) is 69.5 cm³/mol. The van der Waals surface area contributed by atoms with E-state index in [1.54, 1.807) is 25.1 Å². The Hall–Kier alpha value is -1.69. The van der Waals surface area contributed by atoms with Gasteiger partial charge in [0.05, 0.1) is 11.3 Å². The molecule has 2 amide bonds. The van der Waals surface area contributed by atoms with Gasteiger partial charge in [-0.15, -0.1) is 0 Å². The van der Waals surface area contributed by atoms with E-state index < -0.39 is 11.7 Å². The average molecular weight is 311 g/mol. The minimum atomic E-state index is -0.664. The molecule has 1 heterocycles. The quantitative estimate of drug-likeness (QED) is 0.851. The van der Waals surface area contributed by atoms with E-state index in [1.807, 2.05) is 0 Å². The molecule has 1 aromatic rings. The van der Waals surface area contributed by atoms with E-state index in [9.17, 15) is 14.4 Å². The number of Topliss-reactive ketones (excluding diaryl/α,β-unsaturated/α-hetero) is 1. The lowest BCUT2D eigenvalue weighted by Crippen LogP contribution is -2.40. The molecule has 1 aromatic carbocycles. The van der Waals surface area contributed by atoms with Crippen LogP contribution in [0, 0.1) is 0 Å². The molecule has 0 atom stereocenters. The van der Waals surface area contributed by atoms with Crippen molar-refractivity contribution in [2.24, 2.45) is 0 Å². The number of hydrogen-bond donors (Lipinski definition) is 1. The van der Waals surface area contributed by atoms with Gasteiger partial charge in [-0.05, 0) is 35.0 Å². The Labute approximate surface area is 112 Å². The molecule has 94 valence electrons. The summed E-state index contributed by atoms with van der Waals surface area (Å²) in [5, 5.41) is 2.60. The zero-order valence-electron chi connectivity index (χ0n) is 9.70. The number of amides is 2. The molecule has 1 N–H and O–H groups in total. The number of likely N-dealkylation sites (N-methyl/N-ethyl adjacent to an activating group) is 1. The molecule has 18 heavy (non-hydrogen) atoms. The van der Waals surface area contributed by atoms with Gasteiger partial charge < -0.3 is 5.32 Å². The summed E-state index contributed by atoms with van der Waals surface area (Å²) in [4.78, 5) is 36.4. The molecular formula is C12H11BrN2O3. The van der Waals surface area contributed by atoms with Gasteiger partial charge in [-0.25, -0.2) is 0 Å². The van der Waals surface area contributed by atoms with E-state index in [0.29, 0.717) is 22.3 Å². The lowest BCUT2D eigenvalue weighted by molar-refractivity contribution is -0.122. The number of benzene rings is 1. The zero-order valence-corrected chi connectivity index (χ0v) is 11.3. The monoisotopic (exact) mass is 310 g/mol. The van der Waals surface area contributed by atoms with E-state index in [-0.39, 0.29) is 12.5 Å². The van der Waals surface area contributed by atoms with Crippen molar-refractivity contribution in [3.8, 4) is 0 Å². The fourth-order valence-electron chi connectivity index (χ4n) is 1.86. The summed E-state index contributed by atoms with van der Waals surface area (Å²) in [6.45, 7) is 2.14. The summed E-state index contributed by atoms with van der Waals surface area (Å²) < 4.78 is 0.566. The lowest BCUT2D eigenvalue weighted by Gasteiger charge is -2.15. The molecule has 0 fully saturated rings. The number of hydrogen-bond acceptors (Lipinski definition) is 3. The first-order chi connectivity index (χ1) is 8.56. The molecule has 0 unspecified atom stereocenters. The van der Waals surface area contributed by atoms with Crippen molar-refractivity contribution < 1.29 is 14.4 Å². The van der Waals surface area contributed by atoms with Gasteiger partial charge in [0.25, 0.3) is 11.7 Å². The first-order valence-electron chi connectivity index (χ1n) is 5.47. The molecule has 0 saturated heterocycles. The van der Waals surface area contributed by atoms with Gasteiger partial charge in [-0.3, -0.25) is 19.3 Å². The second kappa shape index (κ2) is 4.89. The summed E-state index contributed by atoms with van der Waals surface area (Å²) in [7, 11) is 0. The van der Waals surface area contributed by atoms with E-state index >= 15 is 0 Å². The fourth-order valence-corrected chi connectivity index (χ4v) is 2.39. The lowest BCUT2D eigenvalue weighted by atomic mass is 10.1. The maximum absolute atomic E-state index is 11.8. The number of anilines is 1. The highest BCUT2D eigenvalue weighted by molar-refractivity contribution is 9.10. The zero-order chi connectivity index (χ0) is 13.3. The van der Waals surface area contributed by atoms with Crippen LogP contribution in [-0.2, 0) is 9.59 Å². The minimum absolute atomic E-state index is 0.137. The van der Waals surface area contributed by atoms with Crippen molar-refractivity contribution in [2.45, 2.75) is 6.92 Å². The number of fused-ring (bicyclic) bond motifs is 1. The highest BCUT2D eigenvalue weighted by atomic mass is 79.9. The number of carbonyl (C=O) groups excluding carboxylic acids is 3. The maximum atomic E-state index is 11.8. The molecule has 0 saturated carbocycles. The van der Waals surface area contributed by atoms with Gasteiger partial charge in [0.15, 0.2) is 0 Å². The van der Waals surface area contributed by atoms with Crippen LogP contribution >= 0.6 is 15.9 Å². The number of nitrogens with zero attached hydrogens (tertiary/aromatic N) is 1. The van der Waals surface area contributed by atoms with Gasteiger partial charge in [0, 0.05) is 11.0 Å². The largest absolute Gasteiger partial charge is 0.355 e.